The maximum Gasteiger partial charge on any atom is 0.159 e. The van der Waals surface area contributed by atoms with Crippen LogP contribution in [0.2, 0.25) is 5.02 Å². The molecule has 0 aliphatic heterocycles. The topological polar surface area (TPSA) is 32.3 Å². The van der Waals surface area contributed by atoms with Gasteiger partial charge in [0.15, 0.2) is 11.6 Å². The average molecular weight is 284 g/mol. The molecule has 0 aromatic heterocycles. The lowest BCUT2D eigenvalue weighted by atomic mass is 10.1. The Kier molecular flexibility index (Phi) is 4.35. The largest absolute Gasteiger partial charge is 0.387 e. The molecule has 0 fully saturated rings. The van der Waals surface area contributed by atoms with Crippen molar-refractivity contribution in [2.75, 3.05) is 11.9 Å². The fourth-order valence-electron chi connectivity index (χ4n) is 1.65. The maximum absolute atomic E-state index is 13.0. The molecule has 2 aromatic carbocycles. The van der Waals surface area contributed by atoms with Crippen molar-refractivity contribution in [3.05, 3.63) is 64.7 Å². The van der Waals surface area contributed by atoms with Gasteiger partial charge in [0, 0.05) is 6.54 Å². The van der Waals surface area contributed by atoms with Gasteiger partial charge in [-0.25, -0.2) is 8.78 Å². The summed E-state index contributed by atoms with van der Waals surface area (Å²) in [6.07, 6.45) is -0.952. The second kappa shape index (κ2) is 5.99. The van der Waals surface area contributed by atoms with Crippen molar-refractivity contribution in [1.29, 1.82) is 0 Å². The summed E-state index contributed by atoms with van der Waals surface area (Å²) >= 11 is 5.95. The summed E-state index contributed by atoms with van der Waals surface area (Å²) in [7, 11) is 0. The molecular formula is C14H12ClF2NO. The minimum Gasteiger partial charge on any atom is -0.387 e. The third-order valence-corrected chi connectivity index (χ3v) is 3.02. The molecule has 1 unspecified atom stereocenters. The number of benzene rings is 2. The Morgan fingerprint density at radius 3 is 2.53 bits per heavy atom. The molecule has 0 aliphatic carbocycles. The molecule has 0 saturated carbocycles. The zero-order chi connectivity index (χ0) is 13.8. The predicted molar refractivity (Wildman–Crippen MR) is 71.3 cm³/mol. The van der Waals surface area contributed by atoms with E-state index in [4.69, 9.17) is 11.6 Å². The molecule has 0 heterocycles. The molecular weight excluding hydrogens is 272 g/mol. The molecule has 2 nitrogen and oxygen atoms in total. The number of anilines is 1. The van der Waals surface area contributed by atoms with Gasteiger partial charge in [-0.2, -0.15) is 0 Å². The molecule has 100 valence electrons. The summed E-state index contributed by atoms with van der Waals surface area (Å²) in [5, 5.41) is 13.4. The first-order valence-corrected chi connectivity index (χ1v) is 6.07. The van der Waals surface area contributed by atoms with E-state index >= 15 is 0 Å². The van der Waals surface area contributed by atoms with Gasteiger partial charge in [0.1, 0.15) is 0 Å². The molecule has 2 N–H and O–H groups in total. The number of aliphatic hydroxyl groups excluding tert-OH is 1. The van der Waals surface area contributed by atoms with E-state index in [2.05, 4.69) is 5.32 Å². The molecule has 0 saturated heterocycles. The highest BCUT2D eigenvalue weighted by atomic mass is 35.5. The third-order valence-electron chi connectivity index (χ3n) is 2.69. The summed E-state index contributed by atoms with van der Waals surface area (Å²) in [6.45, 7) is 0.148. The molecule has 0 spiro atoms. The van der Waals surface area contributed by atoms with Crippen molar-refractivity contribution in [3.63, 3.8) is 0 Å². The third kappa shape index (κ3) is 3.43. The fourth-order valence-corrected chi connectivity index (χ4v) is 1.85. The van der Waals surface area contributed by atoms with Crippen LogP contribution >= 0.6 is 11.6 Å². The second-order valence-corrected chi connectivity index (χ2v) is 4.46. The number of halogens is 3. The lowest BCUT2D eigenvalue weighted by Crippen LogP contribution is -2.12. The van der Waals surface area contributed by atoms with Gasteiger partial charge < -0.3 is 10.4 Å². The van der Waals surface area contributed by atoms with Crippen LogP contribution in [-0.2, 0) is 0 Å². The van der Waals surface area contributed by atoms with E-state index < -0.39 is 17.7 Å². The van der Waals surface area contributed by atoms with E-state index in [1.54, 1.807) is 24.3 Å². The van der Waals surface area contributed by atoms with E-state index in [0.717, 1.165) is 12.1 Å². The van der Waals surface area contributed by atoms with Gasteiger partial charge in [0.2, 0.25) is 0 Å². The Balaban J connectivity index is 2.03. The van der Waals surface area contributed by atoms with Crippen LogP contribution in [0.25, 0.3) is 0 Å². The number of rotatable bonds is 4. The van der Waals surface area contributed by atoms with Gasteiger partial charge in [0.05, 0.1) is 16.8 Å². The molecule has 19 heavy (non-hydrogen) atoms. The van der Waals surface area contributed by atoms with Crippen LogP contribution in [0, 0.1) is 11.6 Å². The normalized spacial score (nSPS) is 12.2. The van der Waals surface area contributed by atoms with Crippen LogP contribution in [0.3, 0.4) is 0 Å². The first-order valence-electron chi connectivity index (χ1n) is 5.69. The molecule has 0 radical (unpaired) electrons. The van der Waals surface area contributed by atoms with Crippen molar-refractivity contribution in [2.45, 2.75) is 6.10 Å². The van der Waals surface area contributed by atoms with E-state index in [1.165, 1.54) is 6.07 Å². The van der Waals surface area contributed by atoms with Crippen LogP contribution < -0.4 is 5.32 Å². The smallest absolute Gasteiger partial charge is 0.159 e. The summed E-state index contributed by atoms with van der Waals surface area (Å²) in [6, 6.07) is 10.4. The minimum atomic E-state index is -0.978. The highest BCUT2D eigenvalue weighted by Gasteiger charge is 2.11. The van der Waals surface area contributed by atoms with Crippen LogP contribution in [-0.4, -0.2) is 11.7 Å². The first kappa shape index (κ1) is 13.8. The summed E-state index contributed by atoms with van der Waals surface area (Å²) in [5.74, 6) is -1.91. The van der Waals surface area contributed by atoms with Crippen molar-refractivity contribution in [3.8, 4) is 0 Å². The molecule has 1 atom stereocenters. The van der Waals surface area contributed by atoms with E-state index in [9.17, 15) is 13.9 Å². The van der Waals surface area contributed by atoms with E-state index in [-0.39, 0.29) is 6.54 Å². The molecule has 2 rings (SSSR count). The number of para-hydroxylation sites is 1. The highest BCUT2D eigenvalue weighted by molar-refractivity contribution is 6.33. The van der Waals surface area contributed by atoms with Crippen molar-refractivity contribution in [1.82, 2.24) is 0 Å². The predicted octanol–water partition coefficient (Wildman–Crippen LogP) is 3.76. The number of nitrogens with one attached hydrogen (secondary N) is 1. The standard InChI is InChI=1S/C14H12ClF2NO/c15-10-3-1-2-4-13(10)18-8-14(19)9-5-6-11(16)12(17)7-9/h1-7,14,18-19H,8H2. The number of hydrogen-bond donors (Lipinski definition) is 2. The minimum absolute atomic E-state index is 0.148. The first-order chi connectivity index (χ1) is 9.08. The Bertz CT molecular complexity index is 577. The highest BCUT2D eigenvalue weighted by Crippen LogP contribution is 2.22. The maximum atomic E-state index is 13.0. The lowest BCUT2D eigenvalue weighted by molar-refractivity contribution is 0.191. The summed E-state index contributed by atoms with van der Waals surface area (Å²) in [4.78, 5) is 0. The van der Waals surface area contributed by atoms with Gasteiger partial charge in [-0.1, -0.05) is 29.8 Å². The lowest BCUT2D eigenvalue weighted by Gasteiger charge is -2.14. The van der Waals surface area contributed by atoms with Crippen LogP contribution in [0.15, 0.2) is 42.5 Å². The zero-order valence-corrected chi connectivity index (χ0v) is 10.7. The van der Waals surface area contributed by atoms with Gasteiger partial charge in [0.25, 0.3) is 0 Å². The molecule has 5 heteroatoms. The van der Waals surface area contributed by atoms with Crippen LogP contribution in [0.5, 0.6) is 0 Å². The molecule has 2 aromatic rings. The number of aliphatic hydroxyl groups is 1. The van der Waals surface area contributed by atoms with Crippen molar-refractivity contribution in [2.24, 2.45) is 0 Å². The van der Waals surface area contributed by atoms with Gasteiger partial charge in [-0.3, -0.25) is 0 Å². The SMILES string of the molecule is OC(CNc1ccccc1Cl)c1ccc(F)c(F)c1. The Morgan fingerprint density at radius 2 is 1.84 bits per heavy atom. The Morgan fingerprint density at radius 1 is 1.11 bits per heavy atom. The van der Waals surface area contributed by atoms with Crippen molar-refractivity contribution >= 4 is 17.3 Å². The van der Waals surface area contributed by atoms with E-state index in [0.29, 0.717) is 16.3 Å². The fraction of sp³-hybridized carbons (Fsp3) is 0.143. The molecule has 0 aliphatic rings. The van der Waals surface area contributed by atoms with Crippen molar-refractivity contribution < 1.29 is 13.9 Å². The summed E-state index contributed by atoms with van der Waals surface area (Å²) < 4.78 is 25.8. The van der Waals surface area contributed by atoms with Crippen LogP contribution in [0.1, 0.15) is 11.7 Å². The number of hydrogen-bond acceptors (Lipinski definition) is 2. The zero-order valence-electron chi connectivity index (χ0n) is 9.91. The summed E-state index contributed by atoms with van der Waals surface area (Å²) in [5.41, 5.74) is 0.976. The second-order valence-electron chi connectivity index (χ2n) is 4.05. The van der Waals surface area contributed by atoms with Crippen LogP contribution in [0.4, 0.5) is 14.5 Å². The van der Waals surface area contributed by atoms with E-state index in [1.807, 2.05) is 0 Å². The molecule has 0 amide bonds. The van der Waals surface area contributed by atoms with Gasteiger partial charge in [-0.05, 0) is 29.8 Å². The monoisotopic (exact) mass is 283 g/mol. The molecule has 0 bridgehead atoms. The average Bonchev–Trinajstić information content (AvgIpc) is 2.40. The Hall–Kier alpha value is -1.65. The quantitative estimate of drug-likeness (QED) is 0.895. The van der Waals surface area contributed by atoms with Gasteiger partial charge >= 0.3 is 0 Å². The Labute approximate surface area is 114 Å². The van der Waals surface area contributed by atoms with Gasteiger partial charge in [-0.15, -0.1) is 0 Å².